The average molecular weight is 477 g/mol. The predicted molar refractivity (Wildman–Crippen MR) is 118 cm³/mol. The highest BCUT2D eigenvalue weighted by atomic mass is 35.5. The molecule has 0 spiro atoms. The smallest absolute Gasteiger partial charge is 0.266 e. The van der Waals surface area contributed by atoms with Gasteiger partial charge in [0.2, 0.25) is 0 Å². The van der Waals surface area contributed by atoms with Crippen molar-refractivity contribution in [1.29, 1.82) is 0 Å². The normalized spacial score (nSPS) is 20.9. The minimum absolute atomic E-state index is 0.00954. The zero-order chi connectivity index (χ0) is 21.9. The van der Waals surface area contributed by atoms with E-state index in [1.165, 1.54) is 6.20 Å². The molecule has 0 amide bonds. The number of thiazole rings is 1. The summed E-state index contributed by atoms with van der Waals surface area (Å²) in [5, 5.41) is 14.9. The van der Waals surface area contributed by atoms with Crippen LogP contribution in [0.25, 0.3) is 0 Å². The Balaban J connectivity index is 1.80. The number of nitrogens with one attached hydrogen (secondary N) is 2. The molecule has 0 radical (unpaired) electrons. The van der Waals surface area contributed by atoms with Crippen molar-refractivity contribution >= 4 is 43.8 Å². The van der Waals surface area contributed by atoms with E-state index in [9.17, 15) is 17.9 Å². The number of nitrogens with zero attached hydrogens (tertiary/aromatic N) is 2. The van der Waals surface area contributed by atoms with E-state index in [1.807, 2.05) is 7.05 Å². The van der Waals surface area contributed by atoms with Crippen molar-refractivity contribution in [2.45, 2.75) is 55.7 Å². The number of hydrogen-bond donors (Lipinski definition) is 3. The number of aliphatic hydroxyl groups excluding tert-OH is 1. The van der Waals surface area contributed by atoms with E-state index in [1.54, 1.807) is 12.3 Å². The Kier molecular flexibility index (Phi) is 7.56. The van der Waals surface area contributed by atoms with E-state index >= 15 is 0 Å². The first-order valence-corrected chi connectivity index (χ1v) is 12.5. The fourth-order valence-electron chi connectivity index (χ4n) is 3.85. The van der Waals surface area contributed by atoms with Crippen LogP contribution in [0, 0.1) is 5.82 Å². The molecule has 30 heavy (non-hydrogen) atoms. The first kappa shape index (κ1) is 23.2. The van der Waals surface area contributed by atoms with Gasteiger partial charge in [-0.2, -0.15) is 0 Å². The summed E-state index contributed by atoms with van der Waals surface area (Å²) in [7, 11) is -2.19. The van der Waals surface area contributed by atoms with Gasteiger partial charge in [-0.05, 0) is 38.9 Å². The number of aliphatic hydroxyl groups is 1. The molecule has 1 aromatic carbocycles. The fourth-order valence-corrected chi connectivity index (χ4v) is 6.01. The van der Waals surface area contributed by atoms with Gasteiger partial charge in [0, 0.05) is 30.2 Å². The van der Waals surface area contributed by atoms with Gasteiger partial charge in [-0.1, -0.05) is 24.4 Å². The van der Waals surface area contributed by atoms with Gasteiger partial charge < -0.3 is 10.4 Å². The monoisotopic (exact) mass is 476 g/mol. The van der Waals surface area contributed by atoms with Gasteiger partial charge >= 0.3 is 0 Å². The second-order valence-corrected chi connectivity index (χ2v) is 10.5. The summed E-state index contributed by atoms with van der Waals surface area (Å²) in [6.45, 7) is 2.28. The number of likely N-dealkylation sites (N-methyl/N-ethyl adjacent to an activating group) is 1. The maximum Gasteiger partial charge on any atom is 0.266 e. The molecule has 11 heteroatoms. The third-order valence-corrected chi connectivity index (χ3v) is 7.64. The third-order valence-electron chi connectivity index (χ3n) is 5.15. The van der Waals surface area contributed by atoms with Crippen LogP contribution < -0.4 is 10.0 Å². The number of anilines is 2. The molecule has 3 N–H and O–H groups in total. The zero-order valence-electron chi connectivity index (χ0n) is 16.8. The number of aromatic nitrogens is 1. The number of hydrogen-bond acceptors (Lipinski definition) is 7. The van der Waals surface area contributed by atoms with Crippen molar-refractivity contribution < 1.29 is 17.9 Å². The predicted octanol–water partition coefficient (Wildman–Crippen LogP) is 3.77. The Labute approximate surface area is 185 Å². The van der Waals surface area contributed by atoms with Gasteiger partial charge in [-0.3, -0.25) is 9.62 Å². The fraction of sp³-hybridized carbons (Fsp3) is 0.526. The van der Waals surface area contributed by atoms with Crippen LogP contribution in [-0.4, -0.2) is 55.2 Å². The second-order valence-electron chi connectivity index (χ2n) is 7.60. The molecule has 1 aliphatic carbocycles. The van der Waals surface area contributed by atoms with Gasteiger partial charge in [0.15, 0.2) is 5.13 Å². The van der Waals surface area contributed by atoms with Crippen LogP contribution in [0.4, 0.5) is 15.2 Å². The molecule has 1 unspecified atom stereocenters. The van der Waals surface area contributed by atoms with E-state index in [0.717, 1.165) is 49.2 Å². The highest BCUT2D eigenvalue weighted by Gasteiger charge is 2.30. The van der Waals surface area contributed by atoms with E-state index in [4.69, 9.17) is 11.6 Å². The van der Waals surface area contributed by atoms with Crippen molar-refractivity contribution in [3.8, 4) is 0 Å². The maximum atomic E-state index is 14.8. The molecule has 1 saturated carbocycles. The quantitative estimate of drug-likeness (QED) is 0.537. The Morgan fingerprint density at radius 2 is 2.13 bits per heavy atom. The molecule has 0 saturated heterocycles. The molecule has 1 aromatic heterocycles. The molecular weight excluding hydrogens is 451 g/mol. The summed E-state index contributed by atoms with van der Waals surface area (Å²) in [5.74, 6) is -0.893. The number of rotatable bonds is 8. The second kappa shape index (κ2) is 9.78. The molecule has 166 valence electrons. The number of halogens is 2. The van der Waals surface area contributed by atoms with E-state index in [0.29, 0.717) is 12.2 Å². The molecule has 1 aliphatic rings. The van der Waals surface area contributed by atoms with Gasteiger partial charge in [0.25, 0.3) is 10.0 Å². The number of sulfonamides is 1. The largest absolute Gasteiger partial charge is 0.392 e. The molecule has 3 atom stereocenters. The lowest BCUT2D eigenvalue weighted by Gasteiger charge is -2.39. The summed E-state index contributed by atoms with van der Waals surface area (Å²) in [6, 6.07) is 2.41. The minimum Gasteiger partial charge on any atom is -0.392 e. The lowest BCUT2D eigenvalue weighted by molar-refractivity contribution is 0.0972. The average Bonchev–Trinajstić information content (AvgIpc) is 3.16. The van der Waals surface area contributed by atoms with Crippen LogP contribution >= 0.6 is 22.9 Å². The van der Waals surface area contributed by atoms with Gasteiger partial charge in [-0.25, -0.2) is 17.8 Å². The van der Waals surface area contributed by atoms with Crippen molar-refractivity contribution in [3.05, 3.63) is 34.5 Å². The summed E-state index contributed by atoms with van der Waals surface area (Å²) in [6.07, 6.45) is 4.93. The molecule has 7 nitrogen and oxygen atoms in total. The molecule has 0 aliphatic heterocycles. The maximum absolute atomic E-state index is 14.8. The Morgan fingerprint density at radius 3 is 2.80 bits per heavy atom. The van der Waals surface area contributed by atoms with Crippen molar-refractivity contribution in [2.75, 3.05) is 23.6 Å². The lowest BCUT2D eigenvalue weighted by Crippen LogP contribution is -2.49. The Hall–Kier alpha value is -1.46. The summed E-state index contributed by atoms with van der Waals surface area (Å²) in [5.41, 5.74) is 0.352. The summed E-state index contributed by atoms with van der Waals surface area (Å²) in [4.78, 5) is 5.43. The lowest BCUT2D eigenvalue weighted by atomic mass is 9.89. The molecule has 1 heterocycles. The Bertz CT molecular complexity index is 957. The minimum atomic E-state index is -4.15. The molecule has 2 aromatic rings. The van der Waals surface area contributed by atoms with E-state index in [2.05, 4.69) is 19.9 Å². The first-order valence-electron chi connectivity index (χ1n) is 9.73. The Morgan fingerprint density at radius 1 is 1.40 bits per heavy atom. The standard InChI is InChI=1S/C19H26ClFN4O3S2/c1-12(26)11-25(2)17-6-4-3-5-15(17)23-16-10-14(21)18(9-13(16)20)30(27,28)24-19-22-7-8-29-19/h7-10,12,15,17,23,26H,3-6,11H2,1-2H3,(H,22,24)/t12?,15-,17-/m0/s1. The molecule has 0 bridgehead atoms. The summed E-state index contributed by atoms with van der Waals surface area (Å²) < 4.78 is 42.1. The van der Waals surface area contributed by atoms with Crippen molar-refractivity contribution in [3.63, 3.8) is 0 Å². The highest BCUT2D eigenvalue weighted by molar-refractivity contribution is 7.93. The van der Waals surface area contributed by atoms with Crippen LogP contribution in [-0.2, 0) is 10.0 Å². The molecular formula is C19H26ClFN4O3S2. The molecule has 1 fully saturated rings. The topological polar surface area (TPSA) is 94.6 Å². The van der Waals surface area contributed by atoms with E-state index < -0.39 is 26.8 Å². The van der Waals surface area contributed by atoms with Gasteiger partial charge in [0.1, 0.15) is 10.7 Å². The van der Waals surface area contributed by atoms with Gasteiger partial charge in [-0.15, -0.1) is 11.3 Å². The van der Waals surface area contributed by atoms with Crippen LogP contribution in [0.1, 0.15) is 32.6 Å². The van der Waals surface area contributed by atoms with Crippen molar-refractivity contribution in [2.24, 2.45) is 0 Å². The SMILES string of the molecule is CC(O)CN(C)[C@H]1CCCC[C@@H]1Nc1cc(F)c(S(=O)(=O)Nc2nccs2)cc1Cl. The summed E-state index contributed by atoms with van der Waals surface area (Å²) >= 11 is 7.43. The first-order chi connectivity index (χ1) is 14.2. The van der Waals surface area contributed by atoms with Crippen LogP contribution in [0.2, 0.25) is 5.02 Å². The number of benzene rings is 1. The van der Waals surface area contributed by atoms with Crippen molar-refractivity contribution in [1.82, 2.24) is 9.88 Å². The van der Waals surface area contributed by atoms with Crippen LogP contribution in [0.5, 0.6) is 0 Å². The van der Waals surface area contributed by atoms with E-state index in [-0.39, 0.29) is 22.2 Å². The van der Waals surface area contributed by atoms with Crippen LogP contribution in [0.3, 0.4) is 0 Å². The van der Waals surface area contributed by atoms with Crippen LogP contribution in [0.15, 0.2) is 28.6 Å². The zero-order valence-corrected chi connectivity index (χ0v) is 19.2. The third kappa shape index (κ3) is 5.61. The van der Waals surface area contributed by atoms with Gasteiger partial charge in [0.05, 0.1) is 16.8 Å². The highest BCUT2D eigenvalue weighted by Crippen LogP contribution is 2.32. The molecule has 3 rings (SSSR count).